The Bertz CT molecular complexity index is 241. The van der Waals surface area contributed by atoms with E-state index in [4.69, 9.17) is 5.73 Å². The predicted octanol–water partition coefficient (Wildman–Crippen LogP) is 0.497. The van der Waals surface area contributed by atoms with Gasteiger partial charge in [-0.2, -0.15) is 0 Å². The summed E-state index contributed by atoms with van der Waals surface area (Å²) in [5, 5.41) is 3.78. The van der Waals surface area contributed by atoms with Crippen molar-refractivity contribution in [3.8, 4) is 0 Å². The molecule has 0 bridgehead atoms. The van der Waals surface area contributed by atoms with Crippen LogP contribution in [0.5, 0.6) is 0 Å². The molecule has 0 aliphatic rings. The molecular weight excluding hydrogens is 205 g/mol. The van der Waals surface area contributed by atoms with Gasteiger partial charge in [-0.25, -0.2) is 0 Å². The van der Waals surface area contributed by atoms with E-state index in [-0.39, 0.29) is 0 Å². The molecule has 1 radical (unpaired) electrons. The number of rotatable bonds is 2. The Morgan fingerprint density at radius 3 is 2.55 bits per heavy atom. The van der Waals surface area contributed by atoms with Crippen LogP contribution < -0.4 is 11.2 Å². The first-order chi connectivity index (χ1) is 5.29. The Hall–Kier alpha value is -0.991. The van der Waals surface area contributed by atoms with Crippen LogP contribution in [0.3, 0.4) is 0 Å². The maximum atomic E-state index is 5.27. The third kappa shape index (κ3) is 3.07. The van der Waals surface area contributed by atoms with Crippen LogP contribution in [0.1, 0.15) is 0 Å². The van der Waals surface area contributed by atoms with Gasteiger partial charge in [0.2, 0.25) is 0 Å². The van der Waals surface area contributed by atoms with Gasteiger partial charge in [-0.15, -0.1) is 0 Å². The van der Waals surface area contributed by atoms with Crippen molar-refractivity contribution >= 4 is 26.4 Å². The number of nitrogens with zero attached hydrogens (tertiary/aromatic N) is 1. The van der Waals surface area contributed by atoms with Crippen LogP contribution in [0.15, 0.2) is 35.4 Å². The minimum absolute atomic E-state index is 0.397. The summed E-state index contributed by atoms with van der Waals surface area (Å²) >= 11 is 2.58. The molecule has 0 saturated heterocycles. The van der Waals surface area contributed by atoms with Crippen LogP contribution in [0, 0.1) is 0 Å². The van der Waals surface area contributed by atoms with Crippen LogP contribution in [-0.4, -0.2) is 20.7 Å². The maximum absolute atomic E-state index is 5.27. The molecule has 0 aliphatic carbocycles. The van der Waals surface area contributed by atoms with E-state index in [0.717, 1.165) is 5.69 Å². The second kappa shape index (κ2) is 4.01. The Labute approximate surface area is 73.5 Å². The number of hydrazone groups is 1. The van der Waals surface area contributed by atoms with E-state index in [1.165, 1.54) is 0 Å². The molecule has 0 atom stereocenters. The molecule has 1 aromatic rings. The first-order valence-electron chi connectivity index (χ1n) is 3.10. The SMILES string of the molecule is NC([Se])=NNc1ccccc1. The Kier molecular flexibility index (Phi) is 2.95. The molecule has 0 spiro atoms. The van der Waals surface area contributed by atoms with Crippen molar-refractivity contribution in [3.63, 3.8) is 0 Å². The molecular formula is C7H8N3Se. The quantitative estimate of drug-likeness (QED) is 0.325. The summed E-state index contributed by atoms with van der Waals surface area (Å²) in [5.74, 6) is 0. The topological polar surface area (TPSA) is 50.4 Å². The fourth-order valence-corrected chi connectivity index (χ4v) is 0.728. The Balaban J connectivity index is 2.59. The molecule has 1 rings (SSSR count). The van der Waals surface area contributed by atoms with Gasteiger partial charge in [-0.3, -0.25) is 0 Å². The number of para-hydroxylation sites is 1. The minimum atomic E-state index is 0.397. The zero-order chi connectivity index (χ0) is 8.10. The molecule has 3 nitrogen and oxygen atoms in total. The van der Waals surface area contributed by atoms with Gasteiger partial charge in [0.05, 0.1) is 0 Å². The third-order valence-corrected chi connectivity index (χ3v) is 1.26. The zero-order valence-electron chi connectivity index (χ0n) is 5.82. The predicted molar refractivity (Wildman–Crippen MR) is 47.4 cm³/mol. The first-order valence-corrected chi connectivity index (χ1v) is 3.96. The molecule has 0 aromatic heterocycles. The molecule has 0 saturated carbocycles. The van der Waals surface area contributed by atoms with Crippen LogP contribution in [0.4, 0.5) is 5.69 Å². The van der Waals surface area contributed by atoms with Crippen LogP contribution in [0.25, 0.3) is 0 Å². The van der Waals surface area contributed by atoms with Crippen molar-refractivity contribution in [3.05, 3.63) is 30.3 Å². The van der Waals surface area contributed by atoms with Crippen molar-refractivity contribution in [1.29, 1.82) is 0 Å². The first kappa shape index (κ1) is 8.11. The van der Waals surface area contributed by atoms with E-state index >= 15 is 0 Å². The van der Waals surface area contributed by atoms with Crippen molar-refractivity contribution in [2.75, 3.05) is 5.43 Å². The van der Waals surface area contributed by atoms with Crippen molar-refractivity contribution in [2.24, 2.45) is 10.8 Å². The van der Waals surface area contributed by atoms with Gasteiger partial charge in [-0.05, 0) is 0 Å². The number of amidine groups is 1. The van der Waals surface area contributed by atoms with E-state index in [9.17, 15) is 0 Å². The molecule has 1 aromatic carbocycles. The van der Waals surface area contributed by atoms with E-state index in [0.29, 0.717) is 4.73 Å². The molecule has 3 N–H and O–H groups in total. The molecule has 0 heterocycles. The van der Waals surface area contributed by atoms with Gasteiger partial charge >= 0.3 is 73.0 Å². The third-order valence-electron chi connectivity index (χ3n) is 1.07. The summed E-state index contributed by atoms with van der Waals surface area (Å²) in [4.78, 5) is 0. The van der Waals surface area contributed by atoms with Crippen molar-refractivity contribution in [2.45, 2.75) is 0 Å². The van der Waals surface area contributed by atoms with Gasteiger partial charge < -0.3 is 0 Å². The van der Waals surface area contributed by atoms with Crippen molar-refractivity contribution in [1.82, 2.24) is 0 Å². The zero-order valence-corrected chi connectivity index (χ0v) is 7.53. The summed E-state index contributed by atoms with van der Waals surface area (Å²) in [7, 11) is 0. The summed E-state index contributed by atoms with van der Waals surface area (Å²) in [6.45, 7) is 0. The fraction of sp³-hybridized carbons (Fsp3) is 0. The second-order valence-corrected chi connectivity index (χ2v) is 2.81. The molecule has 0 unspecified atom stereocenters. The average Bonchev–Trinajstić information content (AvgIpc) is 2.03. The standard InChI is InChI=1S/C7H8N3Se/c8-7(11)10-9-6-4-2-1-3-5-6/h1-5,9H,(H2,8,10). The van der Waals surface area contributed by atoms with Gasteiger partial charge in [0, 0.05) is 0 Å². The number of nitrogens with one attached hydrogen (secondary N) is 1. The van der Waals surface area contributed by atoms with Gasteiger partial charge in [0.25, 0.3) is 0 Å². The van der Waals surface area contributed by atoms with E-state index in [1.54, 1.807) is 0 Å². The summed E-state index contributed by atoms with van der Waals surface area (Å²) in [6.07, 6.45) is 0. The van der Waals surface area contributed by atoms with Crippen molar-refractivity contribution < 1.29 is 0 Å². The summed E-state index contributed by atoms with van der Waals surface area (Å²) < 4.78 is 0.397. The van der Waals surface area contributed by atoms with Gasteiger partial charge in [0.1, 0.15) is 0 Å². The normalized spacial score (nSPS) is 11.1. The monoisotopic (exact) mass is 214 g/mol. The molecule has 11 heavy (non-hydrogen) atoms. The number of benzene rings is 1. The molecule has 0 fully saturated rings. The summed E-state index contributed by atoms with van der Waals surface area (Å²) in [5.41, 5.74) is 8.97. The number of hydrogen-bond donors (Lipinski definition) is 2. The fourth-order valence-electron chi connectivity index (χ4n) is 0.632. The Morgan fingerprint density at radius 1 is 1.36 bits per heavy atom. The number of nitrogens with two attached hydrogens (primary N) is 1. The van der Waals surface area contributed by atoms with Gasteiger partial charge in [-0.1, -0.05) is 0 Å². The van der Waals surface area contributed by atoms with Crippen LogP contribution >= 0.6 is 0 Å². The van der Waals surface area contributed by atoms with Gasteiger partial charge in [0.15, 0.2) is 0 Å². The Morgan fingerprint density at radius 2 is 2.00 bits per heavy atom. The number of hydrogen-bond acceptors (Lipinski definition) is 2. The van der Waals surface area contributed by atoms with E-state index in [2.05, 4.69) is 26.5 Å². The van der Waals surface area contributed by atoms with Crippen LogP contribution in [0.2, 0.25) is 0 Å². The number of anilines is 1. The summed E-state index contributed by atoms with van der Waals surface area (Å²) in [6, 6.07) is 9.61. The molecule has 0 aliphatic heterocycles. The van der Waals surface area contributed by atoms with E-state index in [1.807, 2.05) is 30.3 Å². The van der Waals surface area contributed by atoms with Crippen LogP contribution in [-0.2, 0) is 0 Å². The second-order valence-electron chi connectivity index (χ2n) is 1.93. The molecule has 4 heteroatoms. The molecule has 57 valence electrons. The van der Waals surface area contributed by atoms with E-state index < -0.39 is 0 Å². The average molecular weight is 213 g/mol. The molecule has 0 amide bonds.